The van der Waals surface area contributed by atoms with Gasteiger partial charge in [-0.05, 0) is 42.3 Å². The van der Waals surface area contributed by atoms with E-state index in [1.54, 1.807) is 71.2 Å². The summed E-state index contributed by atoms with van der Waals surface area (Å²) in [7, 11) is 1.75. The quantitative estimate of drug-likeness (QED) is 0.388. The van der Waals surface area contributed by atoms with Gasteiger partial charge in [0.1, 0.15) is 16.8 Å². The molecule has 2 aromatic carbocycles. The van der Waals surface area contributed by atoms with Crippen molar-refractivity contribution >= 4 is 29.3 Å². The number of rotatable bonds is 7. The molecule has 0 aliphatic carbocycles. The van der Waals surface area contributed by atoms with Gasteiger partial charge in [0.2, 0.25) is 0 Å². The summed E-state index contributed by atoms with van der Waals surface area (Å²) in [4.78, 5) is 40.2. The van der Waals surface area contributed by atoms with Crippen molar-refractivity contribution in [2.75, 3.05) is 6.54 Å². The van der Waals surface area contributed by atoms with E-state index >= 15 is 0 Å². The van der Waals surface area contributed by atoms with Crippen LogP contribution in [0, 0.1) is 5.82 Å². The number of hydrogen-bond donors (Lipinski definition) is 1. The molecule has 3 amide bonds. The molecule has 0 spiro atoms. The Balaban J connectivity index is 1.41. The van der Waals surface area contributed by atoms with Crippen molar-refractivity contribution < 1.29 is 18.8 Å². The lowest BCUT2D eigenvalue weighted by molar-refractivity contribution is 0.0628. The zero-order valence-corrected chi connectivity index (χ0v) is 19.9. The van der Waals surface area contributed by atoms with Crippen LogP contribution in [0.3, 0.4) is 0 Å². The third-order valence-electron chi connectivity index (χ3n) is 6.06. The van der Waals surface area contributed by atoms with Gasteiger partial charge in [-0.15, -0.1) is 0 Å². The standard InChI is InChI=1S/C26H21ClFN5O3/c1-31-23(9-10-29-31)32-14-17(13-22(32)27)24(34)30-19(12-16-5-4-6-18(28)11-16)15-33-25(35)20-7-2-3-8-21(20)26(33)36/h2-11,13-14,19H,12,15H2,1H3,(H,30,34)/t19-/m0/s1. The molecule has 0 saturated carbocycles. The molecule has 1 aliphatic rings. The number of halogens is 2. The number of carbonyl (C=O) groups is 3. The van der Waals surface area contributed by atoms with Crippen molar-refractivity contribution in [1.29, 1.82) is 0 Å². The second-order valence-corrected chi connectivity index (χ2v) is 8.89. The van der Waals surface area contributed by atoms with Crippen molar-refractivity contribution in [3.8, 4) is 5.82 Å². The highest BCUT2D eigenvalue weighted by Crippen LogP contribution is 2.24. The van der Waals surface area contributed by atoms with Gasteiger partial charge in [0, 0.05) is 25.9 Å². The highest BCUT2D eigenvalue weighted by atomic mass is 35.5. The summed E-state index contributed by atoms with van der Waals surface area (Å²) >= 11 is 6.37. The Hall–Kier alpha value is -4.24. The highest BCUT2D eigenvalue weighted by Gasteiger charge is 2.36. The Labute approximate surface area is 210 Å². The number of aryl methyl sites for hydroxylation is 1. The van der Waals surface area contributed by atoms with Gasteiger partial charge in [-0.1, -0.05) is 35.9 Å². The molecule has 1 aliphatic heterocycles. The first kappa shape index (κ1) is 23.5. The van der Waals surface area contributed by atoms with E-state index < -0.39 is 29.6 Å². The van der Waals surface area contributed by atoms with Gasteiger partial charge in [0.25, 0.3) is 17.7 Å². The predicted octanol–water partition coefficient (Wildman–Crippen LogP) is 3.64. The molecule has 4 aromatic rings. The second-order valence-electron chi connectivity index (χ2n) is 8.51. The Morgan fingerprint density at radius 1 is 1.06 bits per heavy atom. The van der Waals surface area contributed by atoms with Gasteiger partial charge in [-0.2, -0.15) is 5.10 Å². The van der Waals surface area contributed by atoms with E-state index in [-0.39, 0.29) is 18.5 Å². The minimum absolute atomic E-state index is 0.0786. The number of amides is 3. The maximum Gasteiger partial charge on any atom is 0.261 e. The Bertz CT molecular complexity index is 1460. The van der Waals surface area contributed by atoms with E-state index in [9.17, 15) is 18.8 Å². The maximum atomic E-state index is 13.8. The fourth-order valence-electron chi connectivity index (χ4n) is 4.34. The van der Waals surface area contributed by atoms with Crippen LogP contribution in [0.1, 0.15) is 36.6 Å². The molecule has 0 bridgehead atoms. The molecular formula is C26H21ClFN5O3. The zero-order chi connectivity index (χ0) is 25.4. The van der Waals surface area contributed by atoms with Crippen molar-refractivity contribution in [2.45, 2.75) is 12.5 Å². The van der Waals surface area contributed by atoms with E-state index in [1.165, 1.54) is 18.2 Å². The molecule has 8 nitrogen and oxygen atoms in total. The van der Waals surface area contributed by atoms with E-state index in [0.29, 0.717) is 27.7 Å². The van der Waals surface area contributed by atoms with Crippen molar-refractivity contribution in [2.24, 2.45) is 7.05 Å². The van der Waals surface area contributed by atoms with Gasteiger partial charge in [0.05, 0.1) is 28.9 Å². The summed E-state index contributed by atoms with van der Waals surface area (Å²) in [5.41, 5.74) is 1.53. The van der Waals surface area contributed by atoms with Gasteiger partial charge in [-0.3, -0.25) is 28.5 Å². The van der Waals surface area contributed by atoms with Gasteiger partial charge < -0.3 is 5.32 Å². The second kappa shape index (κ2) is 9.43. The van der Waals surface area contributed by atoms with Crippen molar-refractivity contribution in [1.82, 2.24) is 24.6 Å². The number of benzene rings is 2. The summed E-state index contributed by atoms with van der Waals surface area (Å²) in [5, 5.41) is 7.32. The van der Waals surface area contributed by atoms with Crippen molar-refractivity contribution in [3.63, 3.8) is 0 Å². The third kappa shape index (κ3) is 4.40. The molecule has 2 aromatic heterocycles. The largest absolute Gasteiger partial charge is 0.347 e. The van der Waals surface area contributed by atoms with Crippen LogP contribution >= 0.6 is 11.6 Å². The van der Waals surface area contributed by atoms with Crippen LogP contribution in [0.2, 0.25) is 5.15 Å². The summed E-state index contributed by atoms with van der Waals surface area (Å²) < 4.78 is 17.1. The lowest BCUT2D eigenvalue weighted by atomic mass is 10.0. The maximum absolute atomic E-state index is 13.8. The van der Waals surface area contributed by atoms with Crippen LogP contribution in [0.15, 0.2) is 73.1 Å². The summed E-state index contributed by atoms with van der Waals surface area (Å²) in [5.74, 6) is -1.06. The van der Waals surface area contributed by atoms with Crippen LogP contribution in [0.4, 0.5) is 4.39 Å². The molecule has 5 rings (SSSR count). The van der Waals surface area contributed by atoms with E-state index in [1.807, 2.05) is 0 Å². The molecule has 1 N–H and O–H groups in total. The predicted molar refractivity (Wildman–Crippen MR) is 131 cm³/mol. The SMILES string of the molecule is Cn1nccc1-n1cc(C(=O)N[C@@H](Cc2cccc(F)c2)CN2C(=O)c3ccccc3C2=O)cc1Cl. The number of hydrogen-bond acceptors (Lipinski definition) is 4. The summed E-state index contributed by atoms with van der Waals surface area (Å²) in [6.07, 6.45) is 3.39. The molecular weight excluding hydrogens is 485 g/mol. The average molecular weight is 506 g/mol. The summed E-state index contributed by atoms with van der Waals surface area (Å²) in [6, 6.07) is 15.1. The Morgan fingerprint density at radius 2 is 1.78 bits per heavy atom. The first-order valence-electron chi connectivity index (χ1n) is 11.2. The molecule has 0 radical (unpaired) electrons. The first-order valence-corrected chi connectivity index (χ1v) is 11.6. The lowest BCUT2D eigenvalue weighted by Crippen LogP contribution is -2.46. The van der Waals surface area contributed by atoms with Crippen LogP contribution < -0.4 is 5.32 Å². The molecule has 10 heteroatoms. The van der Waals surface area contributed by atoms with Crippen LogP contribution in [-0.4, -0.2) is 49.6 Å². The molecule has 182 valence electrons. The number of nitrogens with one attached hydrogen (secondary N) is 1. The Kier molecular flexibility index (Phi) is 6.15. The monoisotopic (exact) mass is 505 g/mol. The third-order valence-corrected chi connectivity index (χ3v) is 6.36. The fourth-order valence-corrected chi connectivity index (χ4v) is 4.60. The van der Waals surface area contributed by atoms with Gasteiger partial charge >= 0.3 is 0 Å². The molecule has 0 unspecified atom stereocenters. The number of fused-ring (bicyclic) bond motifs is 1. The molecule has 0 saturated heterocycles. The van der Waals surface area contributed by atoms with Gasteiger partial charge in [0.15, 0.2) is 0 Å². The number of imide groups is 1. The van der Waals surface area contributed by atoms with Crippen LogP contribution in [0.25, 0.3) is 5.82 Å². The van der Waals surface area contributed by atoms with E-state index in [4.69, 9.17) is 11.6 Å². The van der Waals surface area contributed by atoms with Crippen LogP contribution in [0.5, 0.6) is 0 Å². The minimum Gasteiger partial charge on any atom is -0.347 e. The Morgan fingerprint density at radius 3 is 2.42 bits per heavy atom. The lowest BCUT2D eigenvalue weighted by Gasteiger charge is -2.24. The smallest absolute Gasteiger partial charge is 0.261 e. The number of carbonyl (C=O) groups excluding carboxylic acids is 3. The minimum atomic E-state index is -0.680. The first-order chi connectivity index (χ1) is 17.3. The molecule has 1 atom stereocenters. The van der Waals surface area contributed by atoms with E-state index in [0.717, 1.165) is 4.90 Å². The topological polar surface area (TPSA) is 89.2 Å². The number of aromatic nitrogens is 3. The summed E-state index contributed by atoms with van der Waals surface area (Å²) in [6.45, 7) is -0.0786. The van der Waals surface area contributed by atoms with E-state index in [2.05, 4.69) is 10.4 Å². The van der Waals surface area contributed by atoms with Crippen LogP contribution in [-0.2, 0) is 13.5 Å². The normalized spacial score (nSPS) is 13.7. The fraction of sp³-hybridized carbons (Fsp3) is 0.154. The average Bonchev–Trinajstić information content (AvgIpc) is 3.52. The highest BCUT2D eigenvalue weighted by molar-refractivity contribution is 6.30. The molecule has 3 heterocycles. The zero-order valence-electron chi connectivity index (χ0n) is 19.2. The van der Waals surface area contributed by atoms with Gasteiger partial charge in [-0.25, -0.2) is 4.39 Å². The number of nitrogens with zero attached hydrogens (tertiary/aromatic N) is 4. The molecule has 0 fully saturated rings. The van der Waals surface area contributed by atoms with Crippen molar-refractivity contribution in [3.05, 3.63) is 106 Å². The molecule has 36 heavy (non-hydrogen) atoms.